The zero-order valence-electron chi connectivity index (χ0n) is 11.2. The molecule has 0 aliphatic heterocycles. The molecule has 20 heavy (non-hydrogen) atoms. The summed E-state index contributed by atoms with van der Waals surface area (Å²) in [4.78, 5) is 0. The van der Waals surface area contributed by atoms with Gasteiger partial charge in [0.15, 0.2) is 0 Å². The van der Waals surface area contributed by atoms with Gasteiger partial charge in [0.1, 0.15) is 6.10 Å². The fraction of sp³-hybridized carbons (Fsp3) is 0.200. The highest BCUT2D eigenvalue weighted by Gasteiger charge is 2.19. The van der Waals surface area contributed by atoms with Crippen molar-refractivity contribution in [3.63, 3.8) is 0 Å². The lowest BCUT2D eigenvalue weighted by molar-refractivity contribution is 0.200. The summed E-state index contributed by atoms with van der Waals surface area (Å²) in [5.74, 6) is 0. The fourth-order valence-electron chi connectivity index (χ4n) is 2.30. The Morgan fingerprint density at radius 1 is 1.00 bits per heavy atom. The van der Waals surface area contributed by atoms with Gasteiger partial charge >= 0.3 is 0 Å². The number of rotatable bonds is 4. The average Bonchev–Trinajstić information content (AvgIpc) is 3.16. The minimum atomic E-state index is -0.750. The van der Waals surface area contributed by atoms with Crippen molar-refractivity contribution < 1.29 is 5.11 Å². The third-order valence-corrected chi connectivity index (χ3v) is 3.28. The molecule has 1 atom stereocenters. The Hall–Kier alpha value is -2.40. The Kier molecular flexibility index (Phi) is 3.35. The Labute approximate surface area is 117 Å². The van der Waals surface area contributed by atoms with Crippen molar-refractivity contribution >= 4 is 0 Å². The van der Waals surface area contributed by atoms with E-state index in [2.05, 4.69) is 10.2 Å². The minimum Gasteiger partial charge on any atom is -0.380 e. The topological polar surface area (TPSA) is 55.9 Å². The fourth-order valence-corrected chi connectivity index (χ4v) is 2.30. The average molecular weight is 268 g/mol. The first-order valence-electron chi connectivity index (χ1n) is 6.60. The Balaban J connectivity index is 2.02. The second-order valence-electron chi connectivity index (χ2n) is 4.48. The highest BCUT2D eigenvalue weighted by Crippen LogP contribution is 2.23. The van der Waals surface area contributed by atoms with Crippen LogP contribution in [0.2, 0.25) is 0 Å². The van der Waals surface area contributed by atoms with Gasteiger partial charge in [-0.1, -0.05) is 18.2 Å². The molecule has 102 valence electrons. The molecule has 2 aromatic heterocycles. The number of aliphatic hydroxyl groups is 1. The van der Waals surface area contributed by atoms with Crippen LogP contribution >= 0.6 is 0 Å². The summed E-state index contributed by atoms with van der Waals surface area (Å²) in [7, 11) is 0. The molecule has 5 heteroatoms. The second-order valence-corrected chi connectivity index (χ2v) is 4.48. The lowest BCUT2D eigenvalue weighted by atomic mass is 10.2. The van der Waals surface area contributed by atoms with E-state index >= 15 is 0 Å². The van der Waals surface area contributed by atoms with Gasteiger partial charge in [0, 0.05) is 18.9 Å². The van der Waals surface area contributed by atoms with Crippen molar-refractivity contribution in [2.45, 2.75) is 19.6 Å². The van der Waals surface area contributed by atoms with E-state index in [0.717, 1.165) is 23.6 Å². The van der Waals surface area contributed by atoms with Crippen LogP contribution < -0.4 is 0 Å². The Morgan fingerprint density at radius 3 is 2.45 bits per heavy atom. The monoisotopic (exact) mass is 268 g/mol. The van der Waals surface area contributed by atoms with Crippen LogP contribution in [0.15, 0.2) is 54.9 Å². The van der Waals surface area contributed by atoms with Crippen molar-refractivity contribution in [3.05, 3.63) is 66.2 Å². The van der Waals surface area contributed by atoms with E-state index in [-0.39, 0.29) is 0 Å². The Bertz CT molecular complexity index is 687. The predicted octanol–water partition coefficient (Wildman–Crippen LogP) is 2.17. The number of para-hydroxylation sites is 1. The molecule has 0 fully saturated rings. The quantitative estimate of drug-likeness (QED) is 0.789. The maximum Gasteiger partial charge on any atom is 0.138 e. The van der Waals surface area contributed by atoms with E-state index in [1.165, 1.54) is 0 Å². The van der Waals surface area contributed by atoms with Gasteiger partial charge < -0.3 is 5.11 Å². The summed E-state index contributed by atoms with van der Waals surface area (Å²) in [6.45, 7) is 2.72. The van der Waals surface area contributed by atoms with E-state index in [1.54, 1.807) is 21.8 Å². The van der Waals surface area contributed by atoms with Gasteiger partial charge in [-0.2, -0.15) is 10.2 Å². The standard InChI is InChI=1S/C15H16N4O/c1-2-18-13(8-10-16-18)15(20)14-9-11-17-19(14)12-6-4-3-5-7-12/h3-11,15,20H,2H2,1H3. The van der Waals surface area contributed by atoms with Crippen LogP contribution in [-0.4, -0.2) is 24.7 Å². The van der Waals surface area contributed by atoms with Crippen LogP contribution in [-0.2, 0) is 6.54 Å². The van der Waals surface area contributed by atoms with Crippen molar-refractivity contribution in [2.75, 3.05) is 0 Å². The first-order valence-corrected chi connectivity index (χ1v) is 6.60. The highest BCUT2D eigenvalue weighted by atomic mass is 16.3. The van der Waals surface area contributed by atoms with Gasteiger partial charge in [0.25, 0.3) is 0 Å². The van der Waals surface area contributed by atoms with Gasteiger partial charge in [-0.25, -0.2) is 4.68 Å². The molecule has 3 aromatic rings. The van der Waals surface area contributed by atoms with E-state index in [1.807, 2.05) is 49.4 Å². The van der Waals surface area contributed by atoms with Crippen LogP contribution in [0.3, 0.4) is 0 Å². The Morgan fingerprint density at radius 2 is 1.70 bits per heavy atom. The zero-order chi connectivity index (χ0) is 13.9. The second kappa shape index (κ2) is 5.30. The number of aliphatic hydroxyl groups excluding tert-OH is 1. The molecule has 0 saturated heterocycles. The number of nitrogens with zero attached hydrogens (tertiary/aromatic N) is 4. The smallest absolute Gasteiger partial charge is 0.138 e. The van der Waals surface area contributed by atoms with Crippen LogP contribution in [0.5, 0.6) is 0 Å². The van der Waals surface area contributed by atoms with Crippen molar-refractivity contribution in [1.29, 1.82) is 0 Å². The van der Waals surface area contributed by atoms with Crippen LogP contribution in [0.4, 0.5) is 0 Å². The number of hydrogen-bond donors (Lipinski definition) is 1. The molecule has 2 heterocycles. The van der Waals surface area contributed by atoms with Crippen LogP contribution in [0.1, 0.15) is 24.4 Å². The zero-order valence-corrected chi connectivity index (χ0v) is 11.2. The van der Waals surface area contributed by atoms with E-state index in [9.17, 15) is 5.11 Å². The molecule has 1 aromatic carbocycles. The molecule has 0 amide bonds. The summed E-state index contributed by atoms with van der Waals surface area (Å²) < 4.78 is 3.53. The molecule has 0 aliphatic carbocycles. The van der Waals surface area contributed by atoms with Crippen LogP contribution in [0.25, 0.3) is 5.69 Å². The predicted molar refractivity (Wildman–Crippen MR) is 75.5 cm³/mol. The van der Waals surface area contributed by atoms with E-state index in [0.29, 0.717) is 0 Å². The van der Waals surface area contributed by atoms with Crippen LogP contribution in [0, 0.1) is 0 Å². The number of benzene rings is 1. The molecule has 1 unspecified atom stereocenters. The molecule has 0 bridgehead atoms. The normalized spacial score (nSPS) is 12.5. The third-order valence-electron chi connectivity index (χ3n) is 3.28. The molecule has 1 N–H and O–H groups in total. The lowest BCUT2D eigenvalue weighted by Crippen LogP contribution is -2.13. The maximum absolute atomic E-state index is 10.6. The molecule has 0 saturated carbocycles. The molecular formula is C15H16N4O. The summed E-state index contributed by atoms with van der Waals surface area (Å²) in [5.41, 5.74) is 2.42. The SMILES string of the molecule is CCn1nccc1C(O)c1ccnn1-c1ccccc1. The molecule has 5 nitrogen and oxygen atoms in total. The summed E-state index contributed by atoms with van der Waals surface area (Å²) in [6.07, 6.45) is 2.64. The van der Waals surface area contributed by atoms with Gasteiger partial charge in [-0.15, -0.1) is 0 Å². The number of hydrogen-bond acceptors (Lipinski definition) is 3. The van der Waals surface area contributed by atoms with E-state index < -0.39 is 6.10 Å². The summed E-state index contributed by atoms with van der Waals surface area (Å²) >= 11 is 0. The number of aromatic nitrogens is 4. The molecule has 0 radical (unpaired) electrons. The van der Waals surface area contributed by atoms with E-state index in [4.69, 9.17) is 0 Å². The largest absolute Gasteiger partial charge is 0.380 e. The molecule has 0 aliphatic rings. The first kappa shape index (κ1) is 12.6. The van der Waals surface area contributed by atoms with Crippen molar-refractivity contribution in [1.82, 2.24) is 19.6 Å². The van der Waals surface area contributed by atoms with Gasteiger partial charge in [0.2, 0.25) is 0 Å². The summed E-state index contributed by atoms with van der Waals surface area (Å²) in [5, 5.41) is 19.1. The van der Waals surface area contributed by atoms with Crippen molar-refractivity contribution in [2.24, 2.45) is 0 Å². The first-order chi connectivity index (χ1) is 9.81. The summed E-state index contributed by atoms with van der Waals surface area (Å²) in [6, 6.07) is 13.4. The third kappa shape index (κ3) is 2.12. The number of aryl methyl sites for hydroxylation is 1. The van der Waals surface area contributed by atoms with Gasteiger partial charge in [0.05, 0.1) is 17.1 Å². The maximum atomic E-state index is 10.6. The van der Waals surface area contributed by atoms with Gasteiger partial charge in [-0.3, -0.25) is 4.68 Å². The van der Waals surface area contributed by atoms with Crippen molar-refractivity contribution in [3.8, 4) is 5.69 Å². The van der Waals surface area contributed by atoms with Gasteiger partial charge in [-0.05, 0) is 31.2 Å². The lowest BCUT2D eigenvalue weighted by Gasteiger charge is -2.14. The molecular weight excluding hydrogens is 252 g/mol. The minimum absolute atomic E-state index is 0.721. The highest BCUT2D eigenvalue weighted by molar-refractivity contribution is 5.34. The molecule has 0 spiro atoms. The molecule has 3 rings (SSSR count).